The first-order valence-corrected chi connectivity index (χ1v) is 7.12. The Morgan fingerprint density at radius 2 is 1.82 bits per heavy atom. The number of hydrogen-bond donors (Lipinski definition) is 0. The van der Waals surface area contributed by atoms with E-state index in [-0.39, 0.29) is 5.60 Å². The van der Waals surface area contributed by atoms with Crippen LogP contribution in [-0.2, 0) is 4.74 Å². The molecule has 0 N–H and O–H groups in total. The first-order chi connectivity index (χ1) is 7.96. The van der Waals surface area contributed by atoms with Crippen LogP contribution in [-0.4, -0.2) is 12.7 Å². The molecular formula is C15H23BrO. The van der Waals surface area contributed by atoms with Gasteiger partial charge in [-0.2, -0.15) is 0 Å². The van der Waals surface area contributed by atoms with Crippen molar-refractivity contribution >= 4 is 15.9 Å². The topological polar surface area (TPSA) is 9.23 Å². The molecule has 1 rings (SSSR count). The Bertz CT molecular complexity index is 321. The molecule has 0 amide bonds. The number of benzene rings is 1. The molecule has 0 heterocycles. The van der Waals surface area contributed by atoms with Gasteiger partial charge in [0.1, 0.15) is 0 Å². The predicted octanol–water partition coefficient (Wildman–Crippen LogP) is 4.96. The highest BCUT2D eigenvalue weighted by Crippen LogP contribution is 2.34. The van der Waals surface area contributed by atoms with E-state index in [1.165, 1.54) is 5.56 Å². The van der Waals surface area contributed by atoms with Gasteiger partial charge in [-0.05, 0) is 38.2 Å². The summed E-state index contributed by atoms with van der Waals surface area (Å²) in [7, 11) is 1.79. The van der Waals surface area contributed by atoms with Gasteiger partial charge in [-0.1, -0.05) is 53.2 Å². The van der Waals surface area contributed by atoms with Gasteiger partial charge in [0.05, 0.1) is 5.60 Å². The molecule has 0 aliphatic rings. The largest absolute Gasteiger partial charge is 0.379 e. The second-order valence-electron chi connectivity index (χ2n) is 5.29. The van der Waals surface area contributed by atoms with Crippen LogP contribution in [0.15, 0.2) is 30.3 Å². The standard InChI is InChI=1S/C15H23BrO/c1-12(10-11-15(2,3)17-4)14(16)13-8-6-5-7-9-13/h5-9,12,14H,10-11H2,1-4H3. The Balaban J connectivity index is 2.51. The van der Waals surface area contributed by atoms with Crippen LogP contribution in [0.2, 0.25) is 0 Å². The zero-order chi connectivity index (χ0) is 12.9. The zero-order valence-corrected chi connectivity index (χ0v) is 12.8. The van der Waals surface area contributed by atoms with Crippen LogP contribution < -0.4 is 0 Å². The molecule has 2 heteroatoms. The third kappa shape index (κ3) is 4.81. The Labute approximate surface area is 114 Å². The SMILES string of the molecule is COC(C)(C)CCC(C)C(Br)c1ccccc1. The van der Waals surface area contributed by atoms with E-state index >= 15 is 0 Å². The quantitative estimate of drug-likeness (QED) is 0.674. The van der Waals surface area contributed by atoms with E-state index < -0.39 is 0 Å². The molecule has 0 aliphatic heterocycles. The van der Waals surface area contributed by atoms with Crippen molar-refractivity contribution in [3.05, 3.63) is 35.9 Å². The van der Waals surface area contributed by atoms with Gasteiger partial charge >= 0.3 is 0 Å². The van der Waals surface area contributed by atoms with E-state index in [9.17, 15) is 0 Å². The van der Waals surface area contributed by atoms with E-state index in [0.717, 1.165) is 12.8 Å². The molecule has 0 saturated heterocycles. The van der Waals surface area contributed by atoms with Crippen LogP contribution in [0.1, 0.15) is 44.0 Å². The minimum absolute atomic E-state index is 0.0162. The van der Waals surface area contributed by atoms with Gasteiger partial charge in [0.2, 0.25) is 0 Å². The van der Waals surface area contributed by atoms with Crippen LogP contribution in [0.4, 0.5) is 0 Å². The fourth-order valence-corrected chi connectivity index (χ4v) is 2.36. The Morgan fingerprint density at radius 1 is 1.24 bits per heavy atom. The molecule has 0 aromatic heterocycles. The van der Waals surface area contributed by atoms with Gasteiger partial charge in [0.15, 0.2) is 0 Å². The number of methoxy groups -OCH3 is 1. The van der Waals surface area contributed by atoms with Crippen LogP contribution >= 0.6 is 15.9 Å². The number of alkyl halides is 1. The second kappa shape index (κ2) is 6.55. The maximum atomic E-state index is 5.46. The second-order valence-corrected chi connectivity index (χ2v) is 6.28. The number of hydrogen-bond acceptors (Lipinski definition) is 1. The van der Waals surface area contributed by atoms with Crippen molar-refractivity contribution in [1.29, 1.82) is 0 Å². The molecular weight excluding hydrogens is 276 g/mol. The molecule has 1 nitrogen and oxygen atoms in total. The van der Waals surface area contributed by atoms with Gasteiger partial charge in [-0.15, -0.1) is 0 Å². The summed E-state index contributed by atoms with van der Waals surface area (Å²) in [5.74, 6) is 0.604. The molecule has 0 saturated carbocycles. The zero-order valence-electron chi connectivity index (χ0n) is 11.2. The van der Waals surface area contributed by atoms with Gasteiger partial charge in [0.25, 0.3) is 0 Å². The van der Waals surface area contributed by atoms with Crippen LogP contribution in [0.25, 0.3) is 0 Å². The number of ether oxygens (including phenoxy) is 1. The summed E-state index contributed by atoms with van der Waals surface area (Å²) in [6.07, 6.45) is 2.24. The van der Waals surface area contributed by atoms with Gasteiger partial charge < -0.3 is 4.74 Å². The molecule has 0 radical (unpaired) electrons. The lowest BCUT2D eigenvalue weighted by molar-refractivity contribution is 0.0108. The van der Waals surface area contributed by atoms with Crippen molar-refractivity contribution < 1.29 is 4.74 Å². The maximum absolute atomic E-state index is 5.46. The summed E-state index contributed by atoms with van der Waals surface area (Å²) in [4.78, 5) is 0.427. The molecule has 0 spiro atoms. The summed E-state index contributed by atoms with van der Waals surface area (Å²) in [6.45, 7) is 6.58. The van der Waals surface area contributed by atoms with Crippen molar-refractivity contribution in [2.75, 3.05) is 7.11 Å². The highest BCUT2D eigenvalue weighted by molar-refractivity contribution is 9.09. The molecule has 17 heavy (non-hydrogen) atoms. The molecule has 2 unspecified atom stereocenters. The van der Waals surface area contributed by atoms with Crippen molar-refractivity contribution in [3.8, 4) is 0 Å². The third-order valence-corrected chi connectivity index (χ3v) is 4.80. The van der Waals surface area contributed by atoms with E-state index in [4.69, 9.17) is 4.74 Å². The highest BCUT2D eigenvalue weighted by Gasteiger charge is 2.21. The maximum Gasteiger partial charge on any atom is 0.0622 e. The van der Waals surface area contributed by atoms with Crippen LogP contribution in [0.5, 0.6) is 0 Å². The first kappa shape index (κ1) is 14.7. The van der Waals surface area contributed by atoms with Crippen molar-refractivity contribution in [2.24, 2.45) is 5.92 Å². The minimum Gasteiger partial charge on any atom is -0.379 e. The van der Waals surface area contributed by atoms with Crippen molar-refractivity contribution in [3.63, 3.8) is 0 Å². The van der Waals surface area contributed by atoms with Crippen molar-refractivity contribution in [1.82, 2.24) is 0 Å². The summed E-state index contributed by atoms with van der Waals surface area (Å²) in [6, 6.07) is 10.6. The van der Waals surface area contributed by atoms with Crippen LogP contribution in [0, 0.1) is 5.92 Å². The monoisotopic (exact) mass is 298 g/mol. The number of rotatable bonds is 6. The summed E-state index contributed by atoms with van der Waals surface area (Å²) < 4.78 is 5.46. The van der Waals surface area contributed by atoms with Gasteiger partial charge in [-0.25, -0.2) is 0 Å². The lowest BCUT2D eigenvalue weighted by Gasteiger charge is -2.26. The normalized spacial score (nSPS) is 15.6. The van der Waals surface area contributed by atoms with E-state index in [0.29, 0.717) is 10.7 Å². The van der Waals surface area contributed by atoms with Crippen molar-refractivity contribution in [2.45, 2.75) is 44.0 Å². The summed E-state index contributed by atoms with van der Waals surface area (Å²) >= 11 is 3.80. The fourth-order valence-electron chi connectivity index (χ4n) is 1.79. The Hall–Kier alpha value is -0.340. The van der Waals surface area contributed by atoms with E-state index in [1.807, 2.05) is 0 Å². The average Bonchev–Trinajstić information content (AvgIpc) is 2.36. The first-order valence-electron chi connectivity index (χ1n) is 6.20. The fraction of sp³-hybridized carbons (Fsp3) is 0.600. The lowest BCUT2D eigenvalue weighted by atomic mass is 9.91. The molecule has 1 aromatic rings. The lowest BCUT2D eigenvalue weighted by Crippen LogP contribution is -2.23. The highest BCUT2D eigenvalue weighted by atomic mass is 79.9. The van der Waals surface area contributed by atoms with Gasteiger partial charge in [-0.3, -0.25) is 0 Å². The van der Waals surface area contributed by atoms with E-state index in [1.54, 1.807) is 7.11 Å². The molecule has 1 aromatic carbocycles. The number of halogens is 1. The molecule has 0 fully saturated rings. The van der Waals surface area contributed by atoms with Crippen LogP contribution in [0.3, 0.4) is 0 Å². The minimum atomic E-state index is -0.0162. The molecule has 96 valence electrons. The third-order valence-electron chi connectivity index (χ3n) is 3.37. The molecule has 0 aliphatic carbocycles. The smallest absolute Gasteiger partial charge is 0.0622 e. The molecule has 2 atom stereocenters. The average molecular weight is 299 g/mol. The Morgan fingerprint density at radius 3 is 2.35 bits per heavy atom. The summed E-state index contributed by atoms with van der Waals surface area (Å²) in [5.41, 5.74) is 1.34. The Kier molecular flexibility index (Phi) is 5.68. The summed E-state index contributed by atoms with van der Waals surface area (Å²) in [5, 5.41) is 0. The van der Waals surface area contributed by atoms with Gasteiger partial charge in [0, 0.05) is 11.9 Å². The predicted molar refractivity (Wildman–Crippen MR) is 77.6 cm³/mol. The van der Waals surface area contributed by atoms with E-state index in [2.05, 4.69) is 67.0 Å². The molecule has 0 bridgehead atoms.